The molecule has 1 aliphatic carbocycles. The normalized spacial score (nSPS) is 21.9. The van der Waals surface area contributed by atoms with Crippen molar-refractivity contribution in [1.82, 2.24) is 10.1 Å². The highest BCUT2D eigenvalue weighted by atomic mass is 35.5. The molecule has 1 saturated carbocycles. The topological polar surface area (TPSA) is 88.7 Å². The third-order valence-electron chi connectivity index (χ3n) is 8.58. The Morgan fingerprint density at radius 3 is 2.51 bits per heavy atom. The molecule has 3 atom stereocenters. The Morgan fingerprint density at radius 2 is 1.85 bits per heavy atom. The molecule has 2 aromatic heterocycles. The predicted octanol–water partition coefficient (Wildman–Crippen LogP) is 8.37. The minimum atomic E-state index is -0.911. The first kappa shape index (κ1) is 27.0. The van der Waals surface area contributed by atoms with Crippen LogP contribution in [-0.2, 0) is 11.3 Å². The van der Waals surface area contributed by atoms with Gasteiger partial charge in [-0.1, -0.05) is 40.5 Å². The van der Waals surface area contributed by atoms with Crippen LogP contribution in [0.25, 0.3) is 22.5 Å². The van der Waals surface area contributed by atoms with Crippen molar-refractivity contribution in [3.8, 4) is 22.5 Å². The molecule has 4 aromatic rings. The third kappa shape index (κ3) is 5.05. The number of hydrogen-bond acceptors (Lipinski definition) is 7. The van der Waals surface area contributed by atoms with E-state index >= 15 is 0 Å². The van der Waals surface area contributed by atoms with Gasteiger partial charge in [0.1, 0.15) is 11.5 Å². The van der Waals surface area contributed by atoms with Crippen molar-refractivity contribution >= 4 is 45.6 Å². The van der Waals surface area contributed by atoms with Crippen molar-refractivity contribution in [3.05, 3.63) is 74.3 Å². The van der Waals surface area contributed by atoms with Crippen LogP contribution in [0.2, 0.25) is 10.0 Å². The molecule has 7 rings (SSSR count). The highest BCUT2D eigenvalue weighted by molar-refractivity contribution is 7.14. The van der Waals surface area contributed by atoms with E-state index in [4.69, 9.17) is 37.4 Å². The Bertz CT molecular complexity index is 1600. The van der Waals surface area contributed by atoms with Crippen LogP contribution in [0.1, 0.15) is 71.7 Å². The minimum absolute atomic E-state index is 0.130. The summed E-state index contributed by atoms with van der Waals surface area (Å²) in [5.41, 5.74) is 5.23. The van der Waals surface area contributed by atoms with E-state index in [1.807, 2.05) is 37.3 Å². The Morgan fingerprint density at radius 1 is 1.12 bits per heavy atom. The number of piperidine rings is 1. The average Bonchev–Trinajstić information content (AvgIpc) is 3.41. The zero-order chi connectivity index (χ0) is 28.2. The highest BCUT2D eigenvalue weighted by Gasteiger charge is 2.43. The third-order valence-corrected chi connectivity index (χ3v) is 10.1. The number of benzene rings is 2. The summed E-state index contributed by atoms with van der Waals surface area (Å²) in [6, 6.07) is 11.6. The van der Waals surface area contributed by atoms with Crippen molar-refractivity contribution in [3.63, 3.8) is 0 Å². The fourth-order valence-corrected chi connectivity index (χ4v) is 7.96. The zero-order valence-corrected chi connectivity index (χ0v) is 24.8. The predicted molar refractivity (Wildman–Crippen MR) is 160 cm³/mol. The van der Waals surface area contributed by atoms with Crippen molar-refractivity contribution in [2.45, 2.75) is 76.2 Å². The Labute approximate surface area is 252 Å². The van der Waals surface area contributed by atoms with Gasteiger partial charge in [0.05, 0.1) is 34.0 Å². The Balaban J connectivity index is 1.07. The second kappa shape index (κ2) is 10.7. The molecule has 2 saturated heterocycles. The molecule has 0 unspecified atom stereocenters. The van der Waals surface area contributed by atoms with E-state index < -0.39 is 5.97 Å². The van der Waals surface area contributed by atoms with E-state index in [0.29, 0.717) is 51.5 Å². The van der Waals surface area contributed by atoms with Crippen LogP contribution in [0.4, 0.5) is 5.13 Å². The van der Waals surface area contributed by atoms with Gasteiger partial charge in [-0.2, -0.15) is 0 Å². The lowest BCUT2D eigenvalue weighted by atomic mass is 10.00. The van der Waals surface area contributed by atoms with Crippen molar-refractivity contribution in [2.24, 2.45) is 0 Å². The van der Waals surface area contributed by atoms with Crippen LogP contribution in [0, 0.1) is 6.92 Å². The van der Waals surface area contributed by atoms with Gasteiger partial charge in [-0.3, -0.25) is 0 Å². The number of aryl methyl sites for hydroxylation is 1. The lowest BCUT2D eigenvalue weighted by Crippen LogP contribution is -2.45. The smallest absolute Gasteiger partial charge is 0.335 e. The number of anilines is 1. The summed E-state index contributed by atoms with van der Waals surface area (Å²) in [6.45, 7) is 2.24. The lowest BCUT2D eigenvalue weighted by molar-refractivity contribution is 0.0147. The zero-order valence-electron chi connectivity index (χ0n) is 22.5. The SMILES string of the molecule is Cc1cc(-c2csc(N3[C@@H]4CC[C@H]3C[C@@H](OCc3c(-c5c(Cl)cccc5Cl)noc3C3CC3)C4)n2)ccc1C(=O)O. The van der Waals surface area contributed by atoms with E-state index in [9.17, 15) is 9.90 Å². The van der Waals surface area contributed by atoms with Gasteiger partial charge < -0.3 is 19.3 Å². The summed E-state index contributed by atoms with van der Waals surface area (Å²) in [5.74, 6) is 0.377. The second-order valence-corrected chi connectivity index (χ2v) is 12.9. The summed E-state index contributed by atoms with van der Waals surface area (Å²) >= 11 is 14.7. The van der Waals surface area contributed by atoms with E-state index in [2.05, 4.69) is 15.4 Å². The molecule has 41 heavy (non-hydrogen) atoms. The van der Waals surface area contributed by atoms with Gasteiger partial charge in [0, 0.05) is 40.1 Å². The van der Waals surface area contributed by atoms with Gasteiger partial charge in [-0.25, -0.2) is 9.78 Å². The molecule has 0 spiro atoms. The Kier molecular flexibility index (Phi) is 7.06. The number of thiazole rings is 1. The number of nitrogens with zero attached hydrogens (tertiary/aromatic N) is 3. The number of fused-ring (bicyclic) bond motifs is 2. The number of carboxylic acids is 1. The molecule has 2 aromatic carbocycles. The molecule has 10 heteroatoms. The van der Waals surface area contributed by atoms with E-state index in [-0.39, 0.29) is 6.10 Å². The number of halogens is 2. The first-order valence-electron chi connectivity index (χ1n) is 14.0. The highest BCUT2D eigenvalue weighted by Crippen LogP contribution is 2.47. The molecule has 1 N–H and O–H groups in total. The lowest BCUT2D eigenvalue weighted by Gasteiger charge is -2.38. The number of aromatic nitrogens is 2. The average molecular weight is 611 g/mol. The molecule has 3 aliphatic rings. The maximum absolute atomic E-state index is 11.4. The van der Waals surface area contributed by atoms with Gasteiger partial charge in [0.25, 0.3) is 0 Å². The van der Waals surface area contributed by atoms with Crippen LogP contribution in [0.3, 0.4) is 0 Å². The van der Waals surface area contributed by atoms with Crippen molar-refractivity contribution in [1.29, 1.82) is 0 Å². The minimum Gasteiger partial charge on any atom is -0.478 e. The number of carbonyl (C=O) groups is 1. The number of ether oxygens (including phenoxy) is 1. The molecular formula is C31H29Cl2N3O4S. The maximum Gasteiger partial charge on any atom is 0.335 e. The van der Waals surface area contributed by atoms with Gasteiger partial charge in [0.2, 0.25) is 0 Å². The second-order valence-electron chi connectivity index (χ2n) is 11.3. The van der Waals surface area contributed by atoms with Gasteiger partial charge in [-0.05, 0) is 75.3 Å². The molecule has 4 heterocycles. The summed E-state index contributed by atoms with van der Waals surface area (Å²) in [4.78, 5) is 18.9. The summed E-state index contributed by atoms with van der Waals surface area (Å²) < 4.78 is 12.4. The van der Waals surface area contributed by atoms with Crippen LogP contribution in [0.5, 0.6) is 0 Å². The molecular weight excluding hydrogens is 581 g/mol. The largest absolute Gasteiger partial charge is 0.478 e. The van der Waals surface area contributed by atoms with Crippen LogP contribution in [0.15, 0.2) is 46.3 Å². The molecule has 7 nitrogen and oxygen atoms in total. The first-order chi connectivity index (χ1) is 19.9. The standard InChI is InChI=1S/C31H29Cl2N3O4S/c1-16-11-18(7-10-22(16)30(37)38)26-15-41-31(34-26)36-19-8-9-20(36)13-21(12-19)39-14-23-28(35-40-29(23)17-5-6-17)27-24(32)3-2-4-25(27)33/h2-4,7,10-11,15,17,19-21H,5-6,8-9,12-14H2,1H3,(H,37,38)/t19-,20+,21+. The molecule has 0 amide bonds. The molecule has 2 bridgehead atoms. The van der Waals surface area contributed by atoms with Crippen LogP contribution >= 0.6 is 34.5 Å². The fraction of sp³-hybridized carbons (Fsp3) is 0.387. The Hall–Kier alpha value is -2.91. The van der Waals surface area contributed by atoms with Crippen LogP contribution in [-0.4, -0.2) is 39.4 Å². The van der Waals surface area contributed by atoms with Gasteiger partial charge in [0.15, 0.2) is 5.13 Å². The first-order valence-corrected chi connectivity index (χ1v) is 15.6. The van der Waals surface area contributed by atoms with Gasteiger partial charge in [-0.15, -0.1) is 11.3 Å². The van der Waals surface area contributed by atoms with E-state index in [0.717, 1.165) is 71.8 Å². The number of hydrogen-bond donors (Lipinski definition) is 1. The number of carboxylic acid groups (broad SMARTS) is 1. The summed E-state index contributed by atoms with van der Waals surface area (Å²) in [5, 5.41) is 18.0. The van der Waals surface area contributed by atoms with Gasteiger partial charge >= 0.3 is 5.97 Å². The molecule has 0 radical (unpaired) electrons. The molecule has 2 aliphatic heterocycles. The maximum atomic E-state index is 11.4. The van der Waals surface area contributed by atoms with Crippen molar-refractivity contribution in [2.75, 3.05) is 4.90 Å². The number of aromatic carboxylic acids is 1. The van der Waals surface area contributed by atoms with Crippen molar-refractivity contribution < 1.29 is 19.2 Å². The van der Waals surface area contributed by atoms with Crippen LogP contribution < -0.4 is 4.90 Å². The van der Waals surface area contributed by atoms with E-state index in [1.54, 1.807) is 17.4 Å². The fourth-order valence-electron chi connectivity index (χ4n) is 6.40. The summed E-state index contributed by atoms with van der Waals surface area (Å²) in [7, 11) is 0. The number of rotatable bonds is 8. The molecule has 3 fully saturated rings. The molecule has 212 valence electrons. The monoisotopic (exact) mass is 609 g/mol. The summed E-state index contributed by atoms with van der Waals surface area (Å²) in [6.07, 6.45) is 6.43. The van der Waals surface area contributed by atoms with E-state index in [1.165, 1.54) is 0 Å². The quantitative estimate of drug-likeness (QED) is 0.214.